The zero-order valence-corrected chi connectivity index (χ0v) is 10.8. The number of hydrogen-bond acceptors (Lipinski definition) is 2. The Balaban J connectivity index is 2.81. The van der Waals surface area contributed by atoms with Gasteiger partial charge in [0, 0.05) is 20.3 Å². The summed E-state index contributed by atoms with van der Waals surface area (Å²) in [5.74, 6) is -0.743. The standard InChI is InChI=1S/C12H13F4N3O/c1-19(2)7-10(12(14,15)16)18-11(20)17-9-6-4-3-5-8(9)13/h3-7H,1-2H3,(H2,17,18,20). The van der Waals surface area contributed by atoms with Crippen LogP contribution in [-0.2, 0) is 0 Å². The summed E-state index contributed by atoms with van der Waals surface area (Å²) in [5, 5.41) is 3.64. The van der Waals surface area contributed by atoms with Crippen LogP contribution in [-0.4, -0.2) is 31.2 Å². The lowest BCUT2D eigenvalue weighted by molar-refractivity contribution is -0.0963. The molecule has 0 atom stereocenters. The van der Waals surface area contributed by atoms with Crippen LogP contribution in [0.1, 0.15) is 0 Å². The molecule has 0 saturated heterocycles. The second kappa shape index (κ2) is 6.27. The first-order valence-electron chi connectivity index (χ1n) is 5.48. The maximum absolute atomic E-state index is 13.2. The molecule has 0 spiro atoms. The van der Waals surface area contributed by atoms with Crippen molar-refractivity contribution < 1.29 is 22.4 Å². The van der Waals surface area contributed by atoms with Gasteiger partial charge in [-0.05, 0) is 12.1 Å². The van der Waals surface area contributed by atoms with E-state index in [1.165, 1.54) is 32.3 Å². The molecular weight excluding hydrogens is 278 g/mol. The Hall–Kier alpha value is -2.25. The molecule has 8 heteroatoms. The summed E-state index contributed by atoms with van der Waals surface area (Å²) in [4.78, 5) is 12.6. The number of nitrogens with one attached hydrogen (secondary N) is 2. The second-order valence-corrected chi connectivity index (χ2v) is 4.06. The molecule has 1 aromatic rings. The summed E-state index contributed by atoms with van der Waals surface area (Å²) in [6.07, 6.45) is -4.02. The zero-order valence-electron chi connectivity index (χ0n) is 10.8. The highest BCUT2D eigenvalue weighted by Crippen LogP contribution is 2.23. The highest BCUT2D eigenvalue weighted by atomic mass is 19.4. The lowest BCUT2D eigenvalue weighted by atomic mass is 10.3. The van der Waals surface area contributed by atoms with Gasteiger partial charge in [-0.25, -0.2) is 9.18 Å². The van der Waals surface area contributed by atoms with Crippen LogP contribution in [0.2, 0.25) is 0 Å². The third-order valence-corrected chi connectivity index (χ3v) is 2.06. The van der Waals surface area contributed by atoms with Gasteiger partial charge in [0.1, 0.15) is 11.5 Å². The van der Waals surface area contributed by atoms with Gasteiger partial charge in [-0.15, -0.1) is 0 Å². The minimum atomic E-state index is -4.73. The van der Waals surface area contributed by atoms with Gasteiger partial charge in [0.25, 0.3) is 0 Å². The molecule has 0 aromatic heterocycles. The van der Waals surface area contributed by atoms with Crippen LogP contribution < -0.4 is 10.6 Å². The SMILES string of the molecule is CN(C)C=C(NC(=O)Nc1ccccc1F)C(F)(F)F. The number of nitrogens with zero attached hydrogens (tertiary/aromatic N) is 1. The predicted octanol–water partition coefficient (Wildman–Crippen LogP) is 2.91. The van der Waals surface area contributed by atoms with E-state index in [1.807, 2.05) is 5.32 Å². The van der Waals surface area contributed by atoms with Gasteiger partial charge in [-0.1, -0.05) is 12.1 Å². The van der Waals surface area contributed by atoms with Crippen molar-refractivity contribution in [3.63, 3.8) is 0 Å². The fourth-order valence-corrected chi connectivity index (χ4v) is 1.27. The smallest absolute Gasteiger partial charge is 0.382 e. The number of hydrogen-bond donors (Lipinski definition) is 2. The summed E-state index contributed by atoms with van der Waals surface area (Å²) in [6.45, 7) is 0. The van der Waals surface area contributed by atoms with Crippen molar-refractivity contribution in [1.82, 2.24) is 10.2 Å². The largest absolute Gasteiger partial charge is 0.432 e. The Morgan fingerprint density at radius 2 is 1.85 bits per heavy atom. The van der Waals surface area contributed by atoms with Crippen molar-refractivity contribution in [2.24, 2.45) is 0 Å². The Bertz CT molecular complexity index is 512. The average molecular weight is 291 g/mol. The first kappa shape index (κ1) is 15.8. The van der Waals surface area contributed by atoms with E-state index in [1.54, 1.807) is 5.32 Å². The van der Waals surface area contributed by atoms with Crippen LogP contribution in [0.3, 0.4) is 0 Å². The number of alkyl halides is 3. The van der Waals surface area contributed by atoms with Crippen molar-refractivity contribution >= 4 is 11.7 Å². The summed E-state index contributed by atoms with van der Waals surface area (Å²) in [7, 11) is 2.75. The van der Waals surface area contributed by atoms with Gasteiger partial charge in [0.15, 0.2) is 0 Å². The summed E-state index contributed by atoms with van der Waals surface area (Å²) < 4.78 is 51.2. The molecule has 4 nitrogen and oxygen atoms in total. The molecule has 110 valence electrons. The number of carbonyl (C=O) groups excluding carboxylic acids is 1. The molecular formula is C12H13F4N3O. The molecule has 0 unspecified atom stereocenters. The van der Waals surface area contributed by atoms with Crippen molar-refractivity contribution in [3.8, 4) is 0 Å². The molecule has 20 heavy (non-hydrogen) atoms. The normalized spacial score (nSPS) is 12.0. The highest BCUT2D eigenvalue weighted by molar-refractivity contribution is 5.90. The van der Waals surface area contributed by atoms with Crippen LogP contribution in [0.25, 0.3) is 0 Å². The molecule has 0 fully saturated rings. The van der Waals surface area contributed by atoms with Gasteiger partial charge in [-0.2, -0.15) is 13.2 Å². The maximum Gasteiger partial charge on any atom is 0.432 e. The van der Waals surface area contributed by atoms with Gasteiger partial charge in [0.2, 0.25) is 0 Å². The highest BCUT2D eigenvalue weighted by Gasteiger charge is 2.35. The fourth-order valence-electron chi connectivity index (χ4n) is 1.27. The van der Waals surface area contributed by atoms with Gasteiger partial charge in [0.05, 0.1) is 5.69 Å². The number of amides is 2. The van der Waals surface area contributed by atoms with E-state index >= 15 is 0 Å². The lowest BCUT2D eigenvalue weighted by Gasteiger charge is -2.16. The molecule has 0 bridgehead atoms. The average Bonchev–Trinajstić information content (AvgIpc) is 2.29. The molecule has 1 rings (SSSR count). The molecule has 2 N–H and O–H groups in total. The third kappa shape index (κ3) is 4.79. The van der Waals surface area contributed by atoms with Crippen molar-refractivity contribution in [2.75, 3.05) is 19.4 Å². The summed E-state index contributed by atoms with van der Waals surface area (Å²) in [6, 6.07) is 3.97. The molecule has 0 aliphatic heterocycles. The number of urea groups is 1. The van der Waals surface area contributed by atoms with E-state index in [2.05, 4.69) is 0 Å². The van der Waals surface area contributed by atoms with Crippen LogP contribution in [0.4, 0.5) is 28.0 Å². The number of anilines is 1. The van der Waals surface area contributed by atoms with E-state index in [4.69, 9.17) is 0 Å². The van der Waals surface area contributed by atoms with E-state index in [0.29, 0.717) is 6.20 Å². The summed E-state index contributed by atoms with van der Waals surface area (Å²) in [5.41, 5.74) is -1.47. The molecule has 0 heterocycles. The maximum atomic E-state index is 13.2. The van der Waals surface area contributed by atoms with E-state index in [0.717, 1.165) is 11.0 Å². The van der Waals surface area contributed by atoms with Crippen molar-refractivity contribution in [1.29, 1.82) is 0 Å². The number of carbonyl (C=O) groups is 1. The van der Waals surface area contributed by atoms with E-state index in [-0.39, 0.29) is 5.69 Å². The summed E-state index contributed by atoms with van der Waals surface area (Å²) >= 11 is 0. The molecule has 0 saturated carbocycles. The van der Waals surface area contributed by atoms with Crippen molar-refractivity contribution in [2.45, 2.75) is 6.18 Å². The molecule has 2 amide bonds. The van der Waals surface area contributed by atoms with Gasteiger partial charge < -0.3 is 15.5 Å². The third-order valence-electron chi connectivity index (χ3n) is 2.06. The first-order chi connectivity index (χ1) is 9.20. The number of rotatable bonds is 3. The fraction of sp³-hybridized carbons (Fsp3) is 0.250. The number of para-hydroxylation sites is 1. The monoisotopic (exact) mass is 291 g/mol. The van der Waals surface area contributed by atoms with Crippen LogP contribution >= 0.6 is 0 Å². The van der Waals surface area contributed by atoms with Gasteiger partial charge in [-0.3, -0.25) is 0 Å². The molecule has 0 aliphatic carbocycles. The van der Waals surface area contributed by atoms with Gasteiger partial charge >= 0.3 is 12.2 Å². The van der Waals surface area contributed by atoms with Crippen molar-refractivity contribution in [3.05, 3.63) is 42.0 Å². The molecule has 1 aromatic carbocycles. The van der Waals surface area contributed by atoms with Crippen LogP contribution in [0.5, 0.6) is 0 Å². The van der Waals surface area contributed by atoms with Crippen LogP contribution in [0.15, 0.2) is 36.2 Å². The van der Waals surface area contributed by atoms with E-state index in [9.17, 15) is 22.4 Å². The minimum absolute atomic E-state index is 0.212. The molecule has 0 radical (unpaired) electrons. The Labute approximate surface area is 113 Å². The number of halogens is 4. The quantitative estimate of drug-likeness (QED) is 0.841. The Morgan fingerprint density at radius 3 is 2.35 bits per heavy atom. The van der Waals surface area contributed by atoms with E-state index < -0.39 is 23.7 Å². The Morgan fingerprint density at radius 1 is 1.25 bits per heavy atom. The topological polar surface area (TPSA) is 44.4 Å². The Kier molecular flexibility index (Phi) is 4.95. The molecule has 0 aliphatic rings. The first-order valence-corrected chi connectivity index (χ1v) is 5.48. The predicted molar refractivity (Wildman–Crippen MR) is 66.4 cm³/mol. The number of allylic oxidation sites excluding steroid dienone is 1. The minimum Gasteiger partial charge on any atom is -0.382 e. The van der Waals surface area contributed by atoms with Crippen LogP contribution in [0, 0.1) is 5.82 Å². The second-order valence-electron chi connectivity index (χ2n) is 4.06. The zero-order chi connectivity index (χ0) is 15.3. The lowest BCUT2D eigenvalue weighted by Crippen LogP contribution is -2.35. The number of benzene rings is 1.